The number of carbonyl (C=O) groups is 1. The average Bonchev–Trinajstić information content (AvgIpc) is 3.16. The van der Waals surface area contributed by atoms with Gasteiger partial charge in [-0.05, 0) is 23.3 Å². The normalized spacial score (nSPS) is 11.8. The van der Waals surface area contributed by atoms with E-state index in [1.807, 2.05) is 60.7 Å². The minimum atomic E-state index is -0.258. The topological polar surface area (TPSA) is 42.2 Å². The molecule has 0 saturated carbocycles. The van der Waals surface area contributed by atoms with Crippen LogP contribution in [0.25, 0.3) is 0 Å². The van der Waals surface area contributed by atoms with Crippen LogP contribution in [0.2, 0.25) is 0 Å². The van der Waals surface area contributed by atoms with Gasteiger partial charge in [0.15, 0.2) is 0 Å². The number of rotatable bonds is 7. The number of furan rings is 1. The number of carbonyl (C=O) groups excluding carboxylic acids is 1. The van der Waals surface area contributed by atoms with E-state index in [2.05, 4.69) is 17.4 Å². The van der Waals surface area contributed by atoms with E-state index in [1.165, 1.54) is 5.56 Å². The Kier molecular flexibility index (Phi) is 5.75. The van der Waals surface area contributed by atoms with Crippen LogP contribution in [-0.2, 0) is 10.5 Å². The Balaban J connectivity index is 1.59. The Morgan fingerprint density at radius 2 is 1.67 bits per heavy atom. The predicted molar refractivity (Wildman–Crippen MR) is 97.7 cm³/mol. The molecule has 0 aliphatic carbocycles. The van der Waals surface area contributed by atoms with Gasteiger partial charge in [-0.2, -0.15) is 0 Å². The van der Waals surface area contributed by atoms with Gasteiger partial charge in [0.1, 0.15) is 11.8 Å². The first-order chi connectivity index (χ1) is 11.8. The minimum absolute atomic E-state index is 0.00110. The summed E-state index contributed by atoms with van der Waals surface area (Å²) < 4.78 is 5.50. The van der Waals surface area contributed by atoms with Crippen LogP contribution in [0, 0.1) is 0 Å². The van der Waals surface area contributed by atoms with Crippen LogP contribution in [0.5, 0.6) is 0 Å². The van der Waals surface area contributed by atoms with Crippen LogP contribution in [0.4, 0.5) is 0 Å². The fourth-order valence-corrected chi connectivity index (χ4v) is 3.26. The highest BCUT2D eigenvalue weighted by molar-refractivity contribution is 7.99. The molecule has 1 heterocycles. The standard InChI is InChI=1S/C20H19NO2S/c22-19(15-24-14-16-8-3-1-4-9-16)21-20(18-12-7-13-23-18)17-10-5-2-6-11-17/h1-13,20H,14-15H2,(H,21,22). The molecule has 0 spiro atoms. The molecule has 1 unspecified atom stereocenters. The maximum atomic E-state index is 12.3. The summed E-state index contributed by atoms with van der Waals surface area (Å²) in [4.78, 5) is 12.3. The van der Waals surface area contributed by atoms with Gasteiger partial charge in [0.05, 0.1) is 12.0 Å². The van der Waals surface area contributed by atoms with Crippen molar-refractivity contribution in [3.05, 3.63) is 95.9 Å². The van der Waals surface area contributed by atoms with Crippen molar-refractivity contribution in [2.24, 2.45) is 0 Å². The smallest absolute Gasteiger partial charge is 0.230 e. The summed E-state index contributed by atoms with van der Waals surface area (Å²) in [6.07, 6.45) is 1.63. The first kappa shape index (κ1) is 16.4. The van der Waals surface area contributed by atoms with Crippen molar-refractivity contribution in [1.29, 1.82) is 0 Å². The van der Waals surface area contributed by atoms with Gasteiger partial charge in [-0.15, -0.1) is 11.8 Å². The highest BCUT2D eigenvalue weighted by Crippen LogP contribution is 2.22. The molecule has 0 saturated heterocycles. The van der Waals surface area contributed by atoms with Gasteiger partial charge in [-0.25, -0.2) is 0 Å². The third-order valence-electron chi connectivity index (χ3n) is 3.61. The van der Waals surface area contributed by atoms with E-state index in [-0.39, 0.29) is 11.9 Å². The van der Waals surface area contributed by atoms with Crippen molar-refractivity contribution in [2.75, 3.05) is 5.75 Å². The summed E-state index contributed by atoms with van der Waals surface area (Å²) in [6.45, 7) is 0. The Bertz CT molecular complexity index is 742. The lowest BCUT2D eigenvalue weighted by Crippen LogP contribution is -2.30. The van der Waals surface area contributed by atoms with E-state index in [0.29, 0.717) is 5.75 Å². The Morgan fingerprint density at radius 3 is 2.33 bits per heavy atom. The molecule has 2 aromatic carbocycles. The van der Waals surface area contributed by atoms with Gasteiger partial charge in [0.25, 0.3) is 0 Å². The van der Waals surface area contributed by atoms with Gasteiger partial charge < -0.3 is 9.73 Å². The second kappa shape index (κ2) is 8.41. The number of hydrogen-bond acceptors (Lipinski definition) is 3. The lowest BCUT2D eigenvalue weighted by atomic mass is 10.0. The van der Waals surface area contributed by atoms with Gasteiger partial charge >= 0.3 is 0 Å². The van der Waals surface area contributed by atoms with Crippen LogP contribution >= 0.6 is 11.8 Å². The Labute approximate surface area is 146 Å². The number of benzene rings is 2. The molecule has 0 aliphatic rings. The van der Waals surface area contributed by atoms with E-state index in [4.69, 9.17) is 4.42 Å². The van der Waals surface area contributed by atoms with E-state index >= 15 is 0 Å². The summed E-state index contributed by atoms with van der Waals surface area (Å²) in [5.74, 6) is 1.98. The second-order valence-electron chi connectivity index (χ2n) is 5.41. The molecule has 122 valence electrons. The zero-order valence-electron chi connectivity index (χ0n) is 13.2. The first-order valence-electron chi connectivity index (χ1n) is 7.82. The summed E-state index contributed by atoms with van der Waals surface area (Å²) in [6, 6.07) is 23.5. The zero-order valence-corrected chi connectivity index (χ0v) is 14.0. The molecule has 1 N–H and O–H groups in total. The van der Waals surface area contributed by atoms with Gasteiger partial charge in [-0.3, -0.25) is 4.79 Å². The third kappa shape index (κ3) is 4.52. The molecule has 0 radical (unpaired) electrons. The summed E-state index contributed by atoms with van der Waals surface area (Å²) >= 11 is 1.61. The quantitative estimate of drug-likeness (QED) is 0.694. The SMILES string of the molecule is O=C(CSCc1ccccc1)NC(c1ccccc1)c1ccco1. The highest BCUT2D eigenvalue weighted by Gasteiger charge is 2.19. The Morgan fingerprint density at radius 1 is 0.958 bits per heavy atom. The largest absolute Gasteiger partial charge is 0.467 e. The van der Waals surface area contributed by atoms with Gasteiger partial charge in [0, 0.05) is 5.75 Å². The van der Waals surface area contributed by atoms with Crippen LogP contribution in [-0.4, -0.2) is 11.7 Å². The molecule has 0 fully saturated rings. The van der Waals surface area contributed by atoms with Crippen LogP contribution in [0.3, 0.4) is 0 Å². The predicted octanol–water partition coefficient (Wildman–Crippen LogP) is 4.42. The van der Waals surface area contributed by atoms with Crippen molar-refractivity contribution < 1.29 is 9.21 Å². The first-order valence-corrected chi connectivity index (χ1v) is 8.98. The van der Waals surface area contributed by atoms with Gasteiger partial charge in [-0.1, -0.05) is 60.7 Å². The molecule has 24 heavy (non-hydrogen) atoms. The Hall–Kier alpha value is -2.46. The van der Waals surface area contributed by atoms with E-state index in [9.17, 15) is 4.79 Å². The maximum absolute atomic E-state index is 12.3. The van der Waals surface area contributed by atoms with Crippen LogP contribution < -0.4 is 5.32 Å². The summed E-state index contributed by atoms with van der Waals surface area (Å²) in [7, 11) is 0. The van der Waals surface area contributed by atoms with Crippen LogP contribution in [0.1, 0.15) is 22.9 Å². The fraction of sp³-hybridized carbons (Fsp3) is 0.150. The molecule has 1 aromatic heterocycles. The molecule has 0 bridgehead atoms. The van der Waals surface area contributed by atoms with Crippen LogP contribution in [0.15, 0.2) is 83.5 Å². The summed E-state index contributed by atoms with van der Waals surface area (Å²) in [5.41, 5.74) is 2.23. The van der Waals surface area contributed by atoms with Crippen molar-refractivity contribution >= 4 is 17.7 Å². The monoisotopic (exact) mass is 337 g/mol. The van der Waals surface area contributed by atoms with Crippen molar-refractivity contribution in [2.45, 2.75) is 11.8 Å². The highest BCUT2D eigenvalue weighted by atomic mass is 32.2. The minimum Gasteiger partial charge on any atom is -0.467 e. The molecular weight excluding hydrogens is 318 g/mol. The molecule has 0 aliphatic heterocycles. The van der Waals surface area contributed by atoms with E-state index in [0.717, 1.165) is 17.1 Å². The number of hydrogen-bond donors (Lipinski definition) is 1. The maximum Gasteiger partial charge on any atom is 0.230 e. The van der Waals surface area contributed by atoms with E-state index in [1.54, 1.807) is 18.0 Å². The van der Waals surface area contributed by atoms with Crippen molar-refractivity contribution in [3.63, 3.8) is 0 Å². The molecule has 3 aromatic rings. The van der Waals surface area contributed by atoms with Crippen molar-refractivity contribution in [3.8, 4) is 0 Å². The van der Waals surface area contributed by atoms with Crippen molar-refractivity contribution in [1.82, 2.24) is 5.32 Å². The molecular formula is C20H19NO2S. The lowest BCUT2D eigenvalue weighted by Gasteiger charge is -2.17. The lowest BCUT2D eigenvalue weighted by molar-refractivity contribution is -0.119. The third-order valence-corrected chi connectivity index (χ3v) is 4.61. The molecule has 3 rings (SSSR count). The fourth-order valence-electron chi connectivity index (χ4n) is 2.46. The second-order valence-corrected chi connectivity index (χ2v) is 6.39. The molecule has 1 amide bonds. The number of amides is 1. The molecule has 1 atom stereocenters. The zero-order chi connectivity index (χ0) is 16.6. The average molecular weight is 337 g/mol. The molecule has 4 heteroatoms. The summed E-state index contributed by atoms with van der Waals surface area (Å²) in [5, 5.41) is 3.07. The number of thioether (sulfide) groups is 1. The van der Waals surface area contributed by atoms with Gasteiger partial charge in [0.2, 0.25) is 5.91 Å². The number of nitrogens with one attached hydrogen (secondary N) is 1. The molecule has 3 nitrogen and oxygen atoms in total. The van der Waals surface area contributed by atoms with E-state index < -0.39 is 0 Å².